The number of ether oxygens (including phenoxy) is 1. The summed E-state index contributed by atoms with van der Waals surface area (Å²) in [6.45, 7) is -4.18. The number of nitrogen functional groups attached to an aromatic ring is 1. The normalized spacial score (nSPS) is 40.4. The first-order valence-corrected chi connectivity index (χ1v) is 19.3. The van der Waals surface area contributed by atoms with E-state index in [2.05, 4.69) is 41.5 Å². The molecule has 252 valence electrons. The predicted molar refractivity (Wildman–Crippen MR) is 164 cm³/mol. The number of aromatic nitrogens is 7. The molecule has 19 nitrogen and oxygen atoms in total. The molecular weight excluding hydrogens is 702 g/mol. The Morgan fingerprint density at radius 2 is 2.02 bits per heavy atom. The monoisotopic (exact) mass is 730 g/mol. The number of nitrogens with zero attached hydrogens (tertiary/aromatic N) is 6. The smallest absolute Gasteiger partial charge is 0.396 e. The topological polar surface area (TPSA) is 269 Å². The maximum absolute atomic E-state index is 13.7. The second-order valence-electron chi connectivity index (χ2n) is 12.0. The third-order valence-corrected chi connectivity index (χ3v) is 12.9. The number of anilines is 1. The number of nitrogens with one attached hydrogen (secondary N) is 1. The summed E-state index contributed by atoms with van der Waals surface area (Å²) >= 11 is 5.07. The van der Waals surface area contributed by atoms with Crippen LogP contribution in [0.4, 0.5) is 5.82 Å². The molecule has 0 aromatic carbocycles. The van der Waals surface area contributed by atoms with Crippen molar-refractivity contribution in [3.63, 3.8) is 0 Å². The van der Waals surface area contributed by atoms with Crippen molar-refractivity contribution in [1.29, 1.82) is 0 Å². The average molecular weight is 731 g/mol. The molecule has 47 heavy (non-hydrogen) atoms. The van der Waals surface area contributed by atoms with Gasteiger partial charge in [0.1, 0.15) is 47.6 Å². The minimum absolute atomic E-state index is 0.0309. The number of hydrogen-bond acceptors (Lipinski definition) is 17. The number of aryl methyl sites for hydroxylation is 1. The van der Waals surface area contributed by atoms with Gasteiger partial charge in [0.05, 0.1) is 43.2 Å². The van der Waals surface area contributed by atoms with E-state index in [-0.39, 0.29) is 16.9 Å². The van der Waals surface area contributed by atoms with Crippen LogP contribution >= 0.6 is 38.4 Å². The molecule has 4 aromatic rings. The zero-order valence-corrected chi connectivity index (χ0v) is 27.7. The minimum atomic E-state index is -4.93. The van der Waals surface area contributed by atoms with Gasteiger partial charge in [-0.25, -0.2) is 29.1 Å². The number of nitrogens with two attached hydrogens (primary N) is 1. The van der Waals surface area contributed by atoms with Gasteiger partial charge in [0.2, 0.25) is 0 Å². The second kappa shape index (κ2) is 11.1. The van der Waals surface area contributed by atoms with Gasteiger partial charge in [-0.05, 0) is 30.8 Å². The summed E-state index contributed by atoms with van der Waals surface area (Å²) in [5, 5.41) is 22.0. The van der Waals surface area contributed by atoms with Crippen molar-refractivity contribution in [3.8, 4) is 0 Å². The van der Waals surface area contributed by atoms with Gasteiger partial charge in [-0.1, -0.05) is 12.2 Å². The zero-order chi connectivity index (χ0) is 33.0. The summed E-state index contributed by atoms with van der Waals surface area (Å²) in [4.78, 5) is 43.3. The van der Waals surface area contributed by atoms with Crippen molar-refractivity contribution in [2.75, 3.05) is 25.6 Å². The summed E-state index contributed by atoms with van der Waals surface area (Å²) < 4.78 is 62.2. The SMILES string of the molecule is Cc1nc2c([C@@H]3O[C@@H]4CO[P@](=O)(S)O[C@H]5[C@@H](O)[C@H](n6cnc7c(N)ncnc76)[C@H]6CC65COP(=O)(O)O[C@@H]3[C@@H]4CO)snc2c(=O)[nH]1. The van der Waals surface area contributed by atoms with E-state index in [1.807, 2.05) is 0 Å². The average Bonchev–Trinajstić information content (AvgIpc) is 3.30. The molecule has 2 saturated heterocycles. The quantitative estimate of drug-likeness (QED) is 0.127. The minimum Gasteiger partial charge on any atom is -0.396 e. The van der Waals surface area contributed by atoms with Crippen LogP contribution in [-0.2, 0) is 32.0 Å². The van der Waals surface area contributed by atoms with E-state index in [1.165, 1.54) is 12.7 Å². The Labute approximate surface area is 273 Å². The number of phosphoric ester groups is 1. The lowest BCUT2D eigenvalue weighted by atomic mass is 9.96. The number of aliphatic hydroxyl groups excluding tert-OH is 2. The standard InChI is InChI=1S/C24H28N8O11P2S2/c1-8-29-12-13(23(35)30-8)31-47-19(12)18-17-9(3-33)11(41-18)4-39-45(38,46)43-20-16(34)15(10-2-24(10,20)5-40-44(36,37)42-17)32-7-28-14-21(25)26-6-27-22(14)32/h6-7,9-11,15-18,20,33-34H,2-5H2,1H3,(H,36,37)(H,38,46)(H2,25,26,27)(H,29,30,35)/t9-,10-,11-,15-,16+,17-,18-,20+,24?,45+/m1/s1. The predicted octanol–water partition coefficient (Wildman–Crippen LogP) is 1.04. The molecule has 2 unspecified atom stereocenters. The molecule has 6 N–H and O–H groups in total. The number of hydrogen-bond donors (Lipinski definition) is 6. The van der Waals surface area contributed by atoms with E-state index in [4.69, 9.17) is 28.6 Å². The Balaban J connectivity index is 1.15. The van der Waals surface area contributed by atoms with Crippen molar-refractivity contribution in [3.05, 3.63) is 33.7 Å². The van der Waals surface area contributed by atoms with Crippen LogP contribution in [0.1, 0.15) is 29.3 Å². The number of H-pyrrole nitrogens is 1. The highest BCUT2D eigenvalue weighted by molar-refractivity contribution is 8.44. The fourth-order valence-corrected chi connectivity index (χ4v) is 10.6. The van der Waals surface area contributed by atoms with Crippen molar-refractivity contribution < 1.29 is 47.1 Å². The van der Waals surface area contributed by atoms with Gasteiger partial charge >= 0.3 is 14.6 Å². The number of aliphatic hydroxyl groups is 2. The molecule has 2 bridgehead atoms. The second-order valence-corrected chi connectivity index (χ2v) is 17.1. The van der Waals surface area contributed by atoms with Crippen LogP contribution < -0.4 is 11.3 Å². The zero-order valence-electron chi connectivity index (χ0n) is 24.2. The molecule has 1 spiro atoms. The molecule has 2 saturated carbocycles. The lowest BCUT2D eigenvalue weighted by Gasteiger charge is -2.30. The molecule has 0 radical (unpaired) electrons. The third-order valence-electron chi connectivity index (χ3n) is 9.40. The highest BCUT2D eigenvalue weighted by Crippen LogP contribution is 2.73. The number of thiol groups is 1. The molecule has 4 fully saturated rings. The molecule has 2 aliphatic carbocycles. The van der Waals surface area contributed by atoms with Gasteiger partial charge in [-0.2, -0.15) is 4.37 Å². The molecule has 8 rings (SSSR count). The number of fused-ring (bicyclic) bond motifs is 4. The van der Waals surface area contributed by atoms with Gasteiger partial charge in [0.15, 0.2) is 17.0 Å². The Morgan fingerprint density at radius 1 is 1.21 bits per heavy atom. The van der Waals surface area contributed by atoms with Crippen LogP contribution in [0.3, 0.4) is 0 Å². The van der Waals surface area contributed by atoms with E-state index < -0.39 is 93.8 Å². The molecule has 11 atom stereocenters. The van der Waals surface area contributed by atoms with Crippen LogP contribution in [0.5, 0.6) is 0 Å². The Kier molecular flexibility index (Phi) is 7.50. The first kappa shape index (κ1) is 31.9. The summed E-state index contributed by atoms with van der Waals surface area (Å²) in [6.07, 6.45) is -3.06. The lowest BCUT2D eigenvalue weighted by Crippen LogP contribution is -2.37. The maximum atomic E-state index is 13.7. The Hall–Kier alpha value is -2.39. The fraction of sp³-hybridized carbons (Fsp3) is 0.583. The highest BCUT2D eigenvalue weighted by Gasteiger charge is 2.74. The first-order valence-electron chi connectivity index (χ1n) is 14.4. The van der Waals surface area contributed by atoms with E-state index in [0.29, 0.717) is 28.3 Å². The summed E-state index contributed by atoms with van der Waals surface area (Å²) in [5.74, 6) is -0.971. The number of phosphoric acid groups is 1. The molecule has 4 aliphatic rings. The van der Waals surface area contributed by atoms with Crippen LogP contribution in [0, 0.1) is 24.2 Å². The lowest BCUT2D eigenvalue weighted by molar-refractivity contribution is -0.0378. The van der Waals surface area contributed by atoms with Gasteiger partial charge in [-0.15, -0.1) is 0 Å². The largest absolute Gasteiger partial charge is 0.472 e. The molecule has 0 amide bonds. The van der Waals surface area contributed by atoms with Crippen LogP contribution in [0.15, 0.2) is 17.4 Å². The van der Waals surface area contributed by atoms with Crippen LogP contribution in [0.2, 0.25) is 0 Å². The van der Waals surface area contributed by atoms with Gasteiger partial charge in [0, 0.05) is 11.3 Å². The van der Waals surface area contributed by atoms with Crippen molar-refractivity contribution in [2.24, 2.45) is 17.3 Å². The molecular formula is C24H28N8O11P2S2. The van der Waals surface area contributed by atoms with Crippen molar-refractivity contribution in [1.82, 2.24) is 33.9 Å². The van der Waals surface area contributed by atoms with Gasteiger partial charge < -0.3 is 35.1 Å². The molecule has 23 heteroatoms. The number of aromatic amines is 1. The highest BCUT2D eigenvalue weighted by atomic mass is 32.7. The molecule has 6 heterocycles. The van der Waals surface area contributed by atoms with Gasteiger partial charge in [-0.3, -0.25) is 22.9 Å². The third kappa shape index (κ3) is 5.11. The Bertz CT molecular complexity index is 2060. The van der Waals surface area contributed by atoms with E-state index in [1.54, 1.807) is 11.5 Å². The maximum Gasteiger partial charge on any atom is 0.472 e. The van der Waals surface area contributed by atoms with E-state index in [9.17, 15) is 29.0 Å². The first-order chi connectivity index (χ1) is 22.3. The summed E-state index contributed by atoms with van der Waals surface area (Å²) in [7, 11) is -4.93. The van der Waals surface area contributed by atoms with Gasteiger partial charge in [0.25, 0.3) is 5.56 Å². The molecule has 2 aliphatic heterocycles. The summed E-state index contributed by atoms with van der Waals surface area (Å²) in [6, 6.07) is -0.732. The van der Waals surface area contributed by atoms with E-state index in [0.717, 1.165) is 11.5 Å². The number of imidazole rings is 1. The Morgan fingerprint density at radius 3 is 2.81 bits per heavy atom. The summed E-state index contributed by atoms with van der Waals surface area (Å²) in [5.41, 5.74) is 5.24. The van der Waals surface area contributed by atoms with Crippen molar-refractivity contribution in [2.45, 2.75) is 49.9 Å². The fourth-order valence-electron chi connectivity index (χ4n) is 7.18. The number of rotatable bonds is 3. The van der Waals surface area contributed by atoms with E-state index >= 15 is 0 Å². The van der Waals surface area contributed by atoms with Crippen molar-refractivity contribution >= 4 is 66.4 Å². The van der Waals surface area contributed by atoms with Crippen LogP contribution in [-0.4, -0.2) is 93.2 Å². The molecule has 4 aromatic heterocycles. The van der Waals surface area contributed by atoms with Crippen LogP contribution in [0.25, 0.3) is 22.2 Å².